The number of fused-ring (bicyclic) bond motifs is 1. The van der Waals surface area contributed by atoms with E-state index >= 15 is 0 Å². The second-order valence-electron chi connectivity index (χ2n) is 4.40. The van der Waals surface area contributed by atoms with Gasteiger partial charge in [0.2, 0.25) is 0 Å². The van der Waals surface area contributed by atoms with Crippen LogP contribution in [-0.2, 0) is 20.2 Å². The van der Waals surface area contributed by atoms with E-state index in [1.165, 1.54) is 19.1 Å². The number of aryl methyl sites for hydroxylation is 1. The van der Waals surface area contributed by atoms with Crippen LogP contribution in [0.4, 0.5) is 0 Å². The van der Waals surface area contributed by atoms with Crippen molar-refractivity contribution in [3.05, 3.63) is 35.4 Å². The number of benzene rings is 2. The molecule has 2 N–H and O–H groups in total. The molecule has 0 unspecified atom stereocenters. The molecule has 0 radical (unpaired) electrons. The summed E-state index contributed by atoms with van der Waals surface area (Å²) in [6.45, 7) is 2.99. The molecule has 0 amide bonds. The van der Waals surface area contributed by atoms with E-state index in [1.807, 2.05) is 0 Å². The Balaban J connectivity index is 3.27. The molecule has 0 saturated heterocycles. The zero-order valence-corrected chi connectivity index (χ0v) is 12.3. The Morgan fingerprint density at radius 1 is 0.750 bits per heavy atom. The summed E-state index contributed by atoms with van der Waals surface area (Å²) < 4.78 is 64.7. The van der Waals surface area contributed by atoms with Crippen molar-refractivity contribution < 1.29 is 25.9 Å². The van der Waals surface area contributed by atoms with Crippen LogP contribution in [-0.4, -0.2) is 25.9 Å². The van der Waals surface area contributed by atoms with Gasteiger partial charge in [0.05, 0.1) is 0 Å². The van der Waals surface area contributed by atoms with Gasteiger partial charge in [-0.25, -0.2) is 0 Å². The van der Waals surface area contributed by atoms with Crippen LogP contribution in [0, 0.1) is 13.8 Å². The molecule has 8 heteroatoms. The molecule has 0 atom stereocenters. The first-order chi connectivity index (χ1) is 9.05. The van der Waals surface area contributed by atoms with Crippen molar-refractivity contribution in [1.29, 1.82) is 0 Å². The molecule has 0 spiro atoms. The topological polar surface area (TPSA) is 109 Å². The fourth-order valence-corrected chi connectivity index (χ4v) is 4.60. The Morgan fingerprint density at radius 2 is 1.20 bits per heavy atom. The Kier molecular flexibility index (Phi) is 3.37. The zero-order valence-electron chi connectivity index (χ0n) is 10.7. The van der Waals surface area contributed by atoms with Gasteiger partial charge in [0.1, 0.15) is 9.79 Å². The van der Waals surface area contributed by atoms with Crippen molar-refractivity contribution in [2.24, 2.45) is 0 Å². The molecule has 108 valence electrons. The molecule has 0 aliphatic rings. The molecule has 0 heterocycles. The average molecular weight is 316 g/mol. The predicted octanol–water partition coefficient (Wildman–Crippen LogP) is 1.95. The van der Waals surface area contributed by atoms with Crippen LogP contribution < -0.4 is 0 Å². The molecule has 0 bridgehead atoms. The molecule has 2 aromatic carbocycles. The van der Waals surface area contributed by atoms with E-state index < -0.39 is 30.0 Å². The maximum absolute atomic E-state index is 11.6. The van der Waals surface area contributed by atoms with Crippen LogP contribution in [0.2, 0.25) is 0 Å². The summed E-state index contributed by atoms with van der Waals surface area (Å²) in [7, 11) is -9.62. The summed E-state index contributed by atoms with van der Waals surface area (Å²) in [5.41, 5.74) is 0.597. The summed E-state index contributed by atoms with van der Waals surface area (Å²) in [6, 6.07) is 6.16. The lowest BCUT2D eigenvalue weighted by Crippen LogP contribution is -2.12. The van der Waals surface area contributed by atoms with Gasteiger partial charge in [0.25, 0.3) is 20.2 Å². The maximum Gasteiger partial charge on any atom is 0.296 e. The minimum absolute atomic E-state index is 0.0470. The number of hydrogen-bond donors (Lipinski definition) is 2. The normalized spacial score (nSPS) is 12.8. The molecule has 2 rings (SSSR count). The van der Waals surface area contributed by atoms with E-state index in [4.69, 9.17) is 0 Å². The Hall–Kier alpha value is -1.48. The third-order valence-corrected chi connectivity index (χ3v) is 5.30. The fraction of sp³-hybridized carbons (Fsp3) is 0.167. The van der Waals surface area contributed by atoms with Crippen LogP contribution in [0.1, 0.15) is 11.1 Å². The lowest BCUT2D eigenvalue weighted by atomic mass is 10.0. The average Bonchev–Trinajstić information content (AvgIpc) is 2.30. The molecular formula is C12H12O6S2. The summed E-state index contributed by atoms with van der Waals surface area (Å²) in [5, 5.41) is 0.538. The van der Waals surface area contributed by atoms with Crippen molar-refractivity contribution >= 4 is 31.0 Å². The molecule has 0 fully saturated rings. The molecule has 0 aliphatic heterocycles. The highest BCUT2D eigenvalue weighted by Crippen LogP contribution is 2.35. The van der Waals surface area contributed by atoms with Gasteiger partial charge in [-0.3, -0.25) is 9.11 Å². The van der Waals surface area contributed by atoms with Gasteiger partial charge in [0, 0.05) is 5.39 Å². The third kappa shape index (κ3) is 2.31. The van der Waals surface area contributed by atoms with Gasteiger partial charge >= 0.3 is 0 Å². The minimum Gasteiger partial charge on any atom is -0.282 e. The van der Waals surface area contributed by atoms with Gasteiger partial charge in [-0.1, -0.05) is 24.3 Å². The molecule has 2 aromatic rings. The summed E-state index contributed by atoms with van der Waals surface area (Å²) in [4.78, 5) is -1.57. The SMILES string of the molecule is Cc1c(S(=O)(=O)O)c(S(=O)(=O)O)c2ccccc2c1C. The third-order valence-electron chi connectivity index (χ3n) is 3.20. The Morgan fingerprint density at radius 3 is 1.65 bits per heavy atom. The highest BCUT2D eigenvalue weighted by Gasteiger charge is 2.30. The first-order valence-corrected chi connectivity index (χ1v) is 8.40. The van der Waals surface area contributed by atoms with E-state index in [2.05, 4.69) is 0 Å². The van der Waals surface area contributed by atoms with E-state index in [0.29, 0.717) is 10.9 Å². The van der Waals surface area contributed by atoms with Crippen molar-refractivity contribution in [2.75, 3.05) is 0 Å². The van der Waals surface area contributed by atoms with E-state index in [1.54, 1.807) is 19.1 Å². The lowest BCUT2D eigenvalue weighted by Gasteiger charge is -2.15. The summed E-state index contributed by atoms with van der Waals surface area (Å²) in [5.74, 6) is 0. The number of rotatable bonds is 2. The number of hydrogen-bond acceptors (Lipinski definition) is 4. The standard InChI is InChI=1S/C12H12O6S2/c1-7-8(2)11(19(13,14)15)12(20(16,17)18)10-6-4-3-5-9(7)10/h3-6H,1-2H3,(H,13,14,15)(H,16,17,18). The largest absolute Gasteiger partial charge is 0.296 e. The fourth-order valence-electron chi connectivity index (χ4n) is 2.24. The molecule has 0 aliphatic carbocycles. The quantitative estimate of drug-likeness (QED) is 0.820. The predicted molar refractivity (Wildman–Crippen MR) is 73.1 cm³/mol. The van der Waals surface area contributed by atoms with Gasteiger partial charge < -0.3 is 0 Å². The lowest BCUT2D eigenvalue weighted by molar-refractivity contribution is 0.467. The smallest absolute Gasteiger partial charge is 0.282 e. The van der Waals surface area contributed by atoms with Gasteiger partial charge in [-0.2, -0.15) is 16.8 Å². The van der Waals surface area contributed by atoms with Gasteiger partial charge in [-0.05, 0) is 30.4 Å². The Bertz CT molecular complexity index is 911. The second-order valence-corrected chi connectivity index (χ2v) is 7.12. The Labute approximate surface area is 116 Å². The van der Waals surface area contributed by atoms with Crippen LogP contribution >= 0.6 is 0 Å². The van der Waals surface area contributed by atoms with Gasteiger partial charge in [0.15, 0.2) is 0 Å². The van der Waals surface area contributed by atoms with Crippen LogP contribution in [0.25, 0.3) is 10.8 Å². The van der Waals surface area contributed by atoms with E-state index in [-0.39, 0.29) is 10.9 Å². The van der Waals surface area contributed by atoms with Crippen molar-refractivity contribution in [3.8, 4) is 0 Å². The van der Waals surface area contributed by atoms with Crippen molar-refractivity contribution in [3.63, 3.8) is 0 Å². The van der Waals surface area contributed by atoms with Crippen molar-refractivity contribution in [2.45, 2.75) is 23.6 Å². The first-order valence-electron chi connectivity index (χ1n) is 5.52. The molecular weight excluding hydrogens is 304 g/mol. The van der Waals surface area contributed by atoms with Crippen molar-refractivity contribution in [1.82, 2.24) is 0 Å². The highest BCUT2D eigenvalue weighted by atomic mass is 32.2. The minimum atomic E-state index is -4.82. The summed E-state index contributed by atoms with van der Waals surface area (Å²) >= 11 is 0. The molecule has 0 aromatic heterocycles. The van der Waals surface area contributed by atoms with Crippen LogP contribution in [0.5, 0.6) is 0 Å². The maximum atomic E-state index is 11.6. The van der Waals surface area contributed by atoms with Crippen LogP contribution in [0.15, 0.2) is 34.1 Å². The zero-order chi connectivity index (χ0) is 15.3. The van der Waals surface area contributed by atoms with E-state index in [0.717, 1.165) is 0 Å². The molecule has 0 saturated carbocycles. The second kappa shape index (κ2) is 4.52. The van der Waals surface area contributed by atoms with Crippen LogP contribution in [0.3, 0.4) is 0 Å². The molecule has 20 heavy (non-hydrogen) atoms. The van der Waals surface area contributed by atoms with Gasteiger partial charge in [-0.15, -0.1) is 0 Å². The summed E-state index contributed by atoms with van der Waals surface area (Å²) in [6.07, 6.45) is 0. The van der Waals surface area contributed by atoms with E-state index in [9.17, 15) is 25.9 Å². The molecule has 6 nitrogen and oxygen atoms in total. The monoisotopic (exact) mass is 316 g/mol. The highest BCUT2D eigenvalue weighted by molar-refractivity contribution is 7.89. The first kappa shape index (κ1) is 14.9.